The first-order valence-corrected chi connectivity index (χ1v) is 7.66. The maximum Gasteiger partial charge on any atom is 0.405 e. The molecule has 0 bridgehead atoms. The van der Waals surface area contributed by atoms with Gasteiger partial charge in [-0.2, -0.15) is 13.2 Å². The molecule has 2 N–H and O–H groups in total. The van der Waals surface area contributed by atoms with Crippen molar-refractivity contribution in [1.29, 1.82) is 0 Å². The molecule has 27 heavy (non-hydrogen) atoms. The van der Waals surface area contributed by atoms with E-state index in [0.29, 0.717) is 0 Å². The van der Waals surface area contributed by atoms with Crippen LogP contribution in [0.4, 0.5) is 18.9 Å². The molecule has 2 rings (SSSR count). The first kappa shape index (κ1) is 20.0. The highest BCUT2D eigenvalue weighted by molar-refractivity contribution is 6.06. The quantitative estimate of drug-likeness (QED) is 0.747. The third-order valence-electron chi connectivity index (χ3n) is 3.26. The van der Waals surface area contributed by atoms with Crippen LogP contribution in [0.25, 0.3) is 0 Å². The Morgan fingerprint density at radius 1 is 1.15 bits per heavy atom. The van der Waals surface area contributed by atoms with Gasteiger partial charge in [0.1, 0.15) is 6.54 Å². The summed E-state index contributed by atoms with van der Waals surface area (Å²) in [6, 6.07) is 8.73. The Hall–Kier alpha value is -3.30. The molecule has 1 heterocycles. The molecule has 2 amide bonds. The molecule has 7 nitrogen and oxygen atoms in total. The van der Waals surface area contributed by atoms with E-state index in [-0.39, 0.29) is 17.0 Å². The Balaban J connectivity index is 2.04. The van der Waals surface area contributed by atoms with E-state index < -0.39 is 36.6 Å². The zero-order chi connectivity index (χ0) is 20.0. The second-order valence-corrected chi connectivity index (χ2v) is 5.36. The molecule has 0 aliphatic rings. The lowest BCUT2D eigenvalue weighted by molar-refractivity contribution is -0.143. The number of alkyl halides is 3. The monoisotopic (exact) mass is 384 g/mol. The van der Waals surface area contributed by atoms with Crippen molar-refractivity contribution in [2.75, 3.05) is 11.9 Å². The van der Waals surface area contributed by atoms with Crippen molar-refractivity contribution >= 4 is 23.5 Å². The highest BCUT2D eigenvalue weighted by atomic mass is 19.4. The van der Waals surface area contributed by atoms with Gasteiger partial charge in [0.2, 0.25) is 0 Å². The second-order valence-electron chi connectivity index (χ2n) is 5.36. The van der Waals surface area contributed by atoms with E-state index in [1.54, 1.807) is 11.4 Å². The van der Waals surface area contributed by atoms with Crippen molar-refractivity contribution < 1.29 is 36.7 Å². The normalized spacial score (nSPS) is 12.1. The van der Waals surface area contributed by atoms with Crippen LogP contribution >= 0.6 is 0 Å². The number of furan rings is 1. The van der Waals surface area contributed by atoms with Gasteiger partial charge >= 0.3 is 12.1 Å². The Kier molecular flexibility index (Phi) is 6.22. The number of ether oxygens (including phenoxy) is 1. The molecule has 144 valence electrons. The van der Waals surface area contributed by atoms with Gasteiger partial charge in [-0.25, -0.2) is 4.79 Å². The summed E-state index contributed by atoms with van der Waals surface area (Å²) in [4.78, 5) is 35.9. The van der Waals surface area contributed by atoms with Crippen molar-refractivity contribution in [2.24, 2.45) is 0 Å². The Labute approximate surface area is 151 Å². The molecular formula is C17H15F3N2O5. The van der Waals surface area contributed by atoms with Gasteiger partial charge in [-0.3, -0.25) is 9.59 Å². The van der Waals surface area contributed by atoms with Crippen LogP contribution in [0.1, 0.15) is 27.8 Å². The zero-order valence-corrected chi connectivity index (χ0v) is 14.0. The van der Waals surface area contributed by atoms with Crippen LogP contribution in [0.15, 0.2) is 47.1 Å². The van der Waals surface area contributed by atoms with Gasteiger partial charge in [0.15, 0.2) is 11.9 Å². The number of carbonyl (C=O) groups is 3. The molecule has 0 unspecified atom stereocenters. The summed E-state index contributed by atoms with van der Waals surface area (Å²) in [5.74, 6) is -2.69. The standard InChI is InChI=1S/C17H15F3N2O5/c1-10(14(23)21-9-17(18,19)20)27-16(25)11-5-2-3-6-12(11)22-15(24)13-7-4-8-26-13/h2-8,10H,9H2,1H3,(H,21,23)(H,22,24)/t10-/m0/s1. The summed E-state index contributed by atoms with van der Waals surface area (Å²) in [5.41, 5.74) is 0.0136. The minimum atomic E-state index is -4.58. The van der Waals surface area contributed by atoms with E-state index in [9.17, 15) is 27.6 Å². The van der Waals surface area contributed by atoms with Crippen LogP contribution in [0.5, 0.6) is 0 Å². The largest absolute Gasteiger partial charge is 0.459 e. The summed E-state index contributed by atoms with van der Waals surface area (Å²) in [5, 5.41) is 4.08. The molecule has 0 fully saturated rings. The summed E-state index contributed by atoms with van der Waals surface area (Å²) in [6.07, 6.45) is -4.74. The van der Waals surface area contributed by atoms with Crippen molar-refractivity contribution in [3.8, 4) is 0 Å². The number of carbonyl (C=O) groups excluding carboxylic acids is 3. The third-order valence-corrected chi connectivity index (χ3v) is 3.26. The first-order valence-electron chi connectivity index (χ1n) is 7.66. The number of anilines is 1. The van der Waals surface area contributed by atoms with E-state index in [2.05, 4.69) is 5.32 Å². The fraction of sp³-hybridized carbons (Fsp3) is 0.235. The predicted octanol–water partition coefficient (Wildman–Crippen LogP) is 2.76. The summed E-state index contributed by atoms with van der Waals surface area (Å²) in [6.45, 7) is -0.406. The van der Waals surface area contributed by atoms with Gasteiger partial charge in [0.25, 0.3) is 11.8 Å². The Bertz CT molecular complexity index is 818. The molecule has 0 saturated carbocycles. The molecule has 1 aromatic heterocycles. The van der Waals surface area contributed by atoms with Crippen LogP contribution in [-0.4, -0.2) is 36.6 Å². The lowest BCUT2D eigenvalue weighted by Gasteiger charge is -2.16. The minimum absolute atomic E-state index is 0.0121. The number of hydrogen-bond acceptors (Lipinski definition) is 5. The smallest absolute Gasteiger partial charge is 0.405 e. The van der Waals surface area contributed by atoms with Gasteiger partial charge < -0.3 is 19.8 Å². The molecule has 2 aromatic rings. The van der Waals surface area contributed by atoms with Crippen molar-refractivity contribution in [3.63, 3.8) is 0 Å². The molecular weight excluding hydrogens is 369 g/mol. The van der Waals surface area contributed by atoms with Crippen LogP contribution in [-0.2, 0) is 9.53 Å². The summed E-state index contributed by atoms with van der Waals surface area (Å²) >= 11 is 0. The minimum Gasteiger partial charge on any atom is -0.459 e. The molecule has 0 aliphatic heterocycles. The van der Waals surface area contributed by atoms with Gasteiger partial charge in [0, 0.05) is 0 Å². The van der Waals surface area contributed by atoms with Crippen molar-refractivity contribution in [2.45, 2.75) is 19.2 Å². The topological polar surface area (TPSA) is 97.6 Å². The third kappa shape index (κ3) is 5.87. The van der Waals surface area contributed by atoms with Crippen LogP contribution in [0.2, 0.25) is 0 Å². The molecule has 0 radical (unpaired) electrons. The fourth-order valence-corrected chi connectivity index (χ4v) is 1.97. The number of nitrogens with one attached hydrogen (secondary N) is 2. The van der Waals surface area contributed by atoms with Crippen LogP contribution in [0, 0.1) is 0 Å². The van der Waals surface area contributed by atoms with E-state index in [1.807, 2.05) is 0 Å². The van der Waals surface area contributed by atoms with Crippen LogP contribution < -0.4 is 10.6 Å². The Morgan fingerprint density at radius 3 is 2.48 bits per heavy atom. The van der Waals surface area contributed by atoms with E-state index >= 15 is 0 Å². The van der Waals surface area contributed by atoms with Crippen molar-refractivity contribution in [1.82, 2.24) is 5.32 Å². The van der Waals surface area contributed by atoms with Crippen molar-refractivity contribution in [3.05, 3.63) is 54.0 Å². The predicted molar refractivity (Wildman–Crippen MR) is 87.0 cm³/mol. The SMILES string of the molecule is C[C@H](OC(=O)c1ccccc1NC(=O)c1ccco1)C(=O)NCC(F)(F)F. The molecule has 1 atom stereocenters. The summed E-state index contributed by atoms with van der Waals surface area (Å²) < 4.78 is 46.2. The number of esters is 1. The number of hydrogen-bond donors (Lipinski definition) is 2. The lowest BCUT2D eigenvalue weighted by atomic mass is 10.1. The van der Waals surface area contributed by atoms with Gasteiger partial charge in [-0.05, 0) is 31.2 Å². The van der Waals surface area contributed by atoms with Gasteiger partial charge in [-0.15, -0.1) is 0 Å². The zero-order valence-electron chi connectivity index (χ0n) is 14.0. The van der Waals surface area contributed by atoms with Gasteiger partial charge in [-0.1, -0.05) is 12.1 Å². The highest BCUT2D eigenvalue weighted by Gasteiger charge is 2.30. The van der Waals surface area contributed by atoms with E-state index in [1.165, 1.54) is 36.6 Å². The first-order chi connectivity index (χ1) is 12.7. The maximum atomic E-state index is 12.3. The Morgan fingerprint density at radius 2 is 1.85 bits per heavy atom. The number of amides is 2. The van der Waals surface area contributed by atoms with Crippen LogP contribution in [0.3, 0.4) is 0 Å². The maximum absolute atomic E-state index is 12.3. The lowest BCUT2D eigenvalue weighted by Crippen LogP contribution is -2.40. The number of benzene rings is 1. The van der Waals surface area contributed by atoms with E-state index in [4.69, 9.17) is 9.15 Å². The second kappa shape index (κ2) is 8.39. The number of para-hydroxylation sites is 1. The average molecular weight is 384 g/mol. The molecule has 0 aliphatic carbocycles. The molecule has 0 saturated heterocycles. The molecule has 0 spiro atoms. The van der Waals surface area contributed by atoms with Gasteiger partial charge in [0.05, 0.1) is 17.5 Å². The molecule has 10 heteroatoms. The highest BCUT2D eigenvalue weighted by Crippen LogP contribution is 2.18. The molecule has 1 aromatic carbocycles. The average Bonchev–Trinajstić information content (AvgIpc) is 3.14. The summed E-state index contributed by atoms with van der Waals surface area (Å²) in [7, 11) is 0. The number of halogens is 3. The fourth-order valence-electron chi connectivity index (χ4n) is 1.97. The number of rotatable bonds is 6. The van der Waals surface area contributed by atoms with E-state index in [0.717, 1.165) is 6.92 Å².